The van der Waals surface area contributed by atoms with Crippen LogP contribution in [-0.4, -0.2) is 26.4 Å². The molecule has 9 heteroatoms. The molecule has 1 N–H and O–H groups in total. The maximum atomic E-state index is 13.4. The van der Waals surface area contributed by atoms with E-state index in [4.69, 9.17) is 11.6 Å². The Bertz CT molecular complexity index is 1320. The van der Waals surface area contributed by atoms with Crippen molar-refractivity contribution >= 4 is 35.0 Å². The summed E-state index contributed by atoms with van der Waals surface area (Å²) in [5.74, 6) is -0.0232. The molecule has 33 heavy (non-hydrogen) atoms. The van der Waals surface area contributed by atoms with Crippen LogP contribution in [0.4, 0.5) is 10.1 Å². The lowest BCUT2D eigenvalue weighted by molar-refractivity contribution is -0.113. The zero-order valence-corrected chi connectivity index (χ0v) is 18.8. The molecular formula is C24H17ClFN5OS. The molecule has 3 aromatic carbocycles. The summed E-state index contributed by atoms with van der Waals surface area (Å²) in [6.07, 6.45) is 0. The van der Waals surface area contributed by atoms with E-state index in [1.165, 1.54) is 30.0 Å². The summed E-state index contributed by atoms with van der Waals surface area (Å²) >= 11 is 7.21. The predicted octanol–water partition coefficient (Wildman–Crippen LogP) is 5.39. The number of nitrogens with zero attached hydrogens (tertiary/aromatic N) is 4. The number of halogens is 2. The molecule has 0 spiro atoms. The zero-order chi connectivity index (χ0) is 23.2. The molecule has 0 aliphatic rings. The zero-order valence-electron chi connectivity index (χ0n) is 17.2. The molecule has 0 bridgehead atoms. The second-order valence-electron chi connectivity index (χ2n) is 7.02. The van der Waals surface area contributed by atoms with Crippen LogP contribution in [0.3, 0.4) is 0 Å². The van der Waals surface area contributed by atoms with Gasteiger partial charge in [-0.05, 0) is 48.0 Å². The number of benzene rings is 3. The molecule has 1 heterocycles. The van der Waals surface area contributed by atoms with Gasteiger partial charge in [0.25, 0.3) is 0 Å². The van der Waals surface area contributed by atoms with Crippen LogP contribution in [0.2, 0.25) is 5.02 Å². The number of amides is 1. The Balaban J connectivity index is 1.56. The van der Waals surface area contributed by atoms with Crippen molar-refractivity contribution in [3.63, 3.8) is 0 Å². The van der Waals surface area contributed by atoms with E-state index < -0.39 is 0 Å². The molecule has 1 amide bonds. The molecule has 0 fully saturated rings. The summed E-state index contributed by atoms with van der Waals surface area (Å²) in [4.78, 5) is 12.6. The number of hydrogen-bond acceptors (Lipinski definition) is 5. The number of aromatic nitrogens is 3. The highest BCUT2D eigenvalue weighted by Gasteiger charge is 2.17. The average molecular weight is 478 g/mol. The van der Waals surface area contributed by atoms with E-state index in [1.54, 1.807) is 24.3 Å². The summed E-state index contributed by atoms with van der Waals surface area (Å²) < 4.78 is 15.3. The second kappa shape index (κ2) is 10.3. The fourth-order valence-corrected chi connectivity index (χ4v) is 4.06. The van der Waals surface area contributed by atoms with Gasteiger partial charge in [0.2, 0.25) is 5.91 Å². The van der Waals surface area contributed by atoms with Gasteiger partial charge in [0.15, 0.2) is 11.0 Å². The third kappa shape index (κ3) is 5.58. The molecule has 0 saturated heterocycles. The van der Waals surface area contributed by atoms with E-state index in [-0.39, 0.29) is 17.5 Å². The van der Waals surface area contributed by atoms with Crippen LogP contribution in [0, 0.1) is 17.1 Å². The summed E-state index contributed by atoms with van der Waals surface area (Å²) in [5, 5.41) is 21.5. The van der Waals surface area contributed by atoms with Crippen LogP contribution >= 0.6 is 23.4 Å². The first-order valence-corrected chi connectivity index (χ1v) is 11.2. The van der Waals surface area contributed by atoms with Crippen LogP contribution in [0.5, 0.6) is 0 Å². The van der Waals surface area contributed by atoms with Crippen LogP contribution in [0.25, 0.3) is 11.4 Å². The molecule has 1 aromatic heterocycles. The Labute approximate surface area is 199 Å². The predicted molar refractivity (Wildman–Crippen MR) is 126 cm³/mol. The third-order valence-electron chi connectivity index (χ3n) is 4.71. The van der Waals surface area contributed by atoms with E-state index in [0.29, 0.717) is 39.4 Å². The standard InChI is InChI=1S/C24H17ClFN5OS/c25-19-9-6-18(13-27)21(12-19)28-22(32)15-33-24-30-29-23(17-7-10-20(26)11-8-17)31(24)14-16-4-2-1-3-5-16/h1-12H,14-15H2,(H,28,32). The fourth-order valence-electron chi connectivity index (χ4n) is 3.15. The summed E-state index contributed by atoms with van der Waals surface area (Å²) in [5.41, 5.74) is 2.43. The number of anilines is 1. The lowest BCUT2D eigenvalue weighted by Gasteiger charge is -2.11. The van der Waals surface area contributed by atoms with Crippen molar-refractivity contribution in [1.82, 2.24) is 14.8 Å². The van der Waals surface area contributed by atoms with E-state index >= 15 is 0 Å². The smallest absolute Gasteiger partial charge is 0.234 e. The monoisotopic (exact) mass is 477 g/mol. The van der Waals surface area contributed by atoms with Gasteiger partial charge in [-0.15, -0.1) is 10.2 Å². The molecule has 0 radical (unpaired) electrons. The minimum Gasteiger partial charge on any atom is -0.324 e. The van der Waals surface area contributed by atoms with Crippen molar-refractivity contribution in [2.24, 2.45) is 0 Å². The van der Waals surface area contributed by atoms with E-state index in [1.807, 2.05) is 41.0 Å². The fraction of sp³-hybridized carbons (Fsp3) is 0.0833. The Hall–Kier alpha value is -3.67. The molecule has 4 rings (SSSR count). The van der Waals surface area contributed by atoms with Gasteiger partial charge < -0.3 is 5.32 Å². The van der Waals surface area contributed by atoms with Gasteiger partial charge >= 0.3 is 0 Å². The molecule has 0 aliphatic carbocycles. The van der Waals surface area contributed by atoms with Crippen molar-refractivity contribution in [3.8, 4) is 17.5 Å². The molecular weight excluding hydrogens is 461 g/mol. The molecule has 4 aromatic rings. The molecule has 0 aliphatic heterocycles. The Morgan fingerprint density at radius 1 is 1.09 bits per heavy atom. The van der Waals surface area contributed by atoms with Crippen LogP contribution in [0.1, 0.15) is 11.1 Å². The first kappa shape index (κ1) is 22.5. The minimum absolute atomic E-state index is 0.0493. The summed E-state index contributed by atoms with van der Waals surface area (Å²) in [7, 11) is 0. The molecule has 0 unspecified atom stereocenters. The van der Waals surface area contributed by atoms with Crippen molar-refractivity contribution in [2.75, 3.05) is 11.1 Å². The maximum absolute atomic E-state index is 13.4. The Morgan fingerprint density at radius 2 is 1.85 bits per heavy atom. The highest BCUT2D eigenvalue weighted by Crippen LogP contribution is 2.26. The summed E-state index contributed by atoms with van der Waals surface area (Å²) in [6, 6.07) is 22.5. The van der Waals surface area contributed by atoms with Gasteiger partial charge in [-0.25, -0.2) is 4.39 Å². The van der Waals surface area contributed by atoms with Crippen molar-refractivity contribution in [3.05, 3.63) is 94.8 Å². The maximum Gasteiger partial charge on any atom is 0.234 e. The number of nitrogens with one attached hydrogen (secondary N) is 1. The van der Waals surface area contributed by atoms with Crippen molar-refractivity contribution in [2.45, 2.75) is 11.7 Å². The Kier molecular flexibility index (Phi) is 7.03. The van der Waals surface area contributed by atoms with Gasteiger partial charge in [-0.2, -0.15) is 5.26 Å². The SMILES string of the molecule is N#Cc1ccc(Cl)cc1NC(=O)CSc1nnc(-c2ccc(F)cc2)n1Cc1ccccc1. The normalized spacial score (nSPS) is 10.6. The number of carbonyl (C=O) groups is 1. The largest absolute Gasteiger partial charge is 0.324 e. The highest BCUT2D eigenvalue weighted by molar-refractivity contribution is 7.99. The number of rotatable bonds is 7. The quantitative estimate of drug-likeness (QED) is 0.361. The number of nitriles is 1. The molecule has 0 saturated carbocycles. The molecule has 0 atom stereocenters. The molecule has 164 valence electrons. The van der Waals surface area contributed by atoms with E-state index in [0.717, 1.165) is 5.56 Å². The lowest BCUT2D eigenvalue weighted by Crippen LogP contribution is -2.15. The second-order valence-corrected chi connectivity index (χ2v) is 8.40. The average Bonchev–Trinajstić information content (AvgIpc) is 3.21. The van der Waals surface area contributed by atoms with Crippen LogP contribution < -0.4 is 5.32 Å². The number of thioether (sulfide) groups is 1. The summed E-state index contributed by atoms with van der Waals surface area (Å²) in [6.45, 7) is 0.484. The Morgan fingerprint density at radius 3 is 2.58 bits per heavy atom. The van der Waals surface area contributed by atoms with Crippen LogP contribution in [-0.2, 0) is 11.3 Å². The number of hydrogen-bond donors (Lipinski definition) is 1. The van der Waals surface area contributed by atoms with Gasteiger partial charge in [0, 0.05) is 10.6 Å². The first-order chi connectivity index (χ1) is 16.0. The van der Waals surface area contributed by atoms with Crippen LogP contribution in [0.15, 0.2) is 78.0 Å². The van der Waals surface area contributed by atoms with Crippen molar-refractivity contribution in [1.29, 1.82) is 5.26 Å². The first-order valence-electron chi connectivity index (χ1n) is 9.89. The highest BCUT2D eigenvalue weighted by atomic mass is 35.5. The third-order valence-corrected chi connectivity index (χ3v) is 5.91. The van der Waals surface area contributed by atoms with Gasteiger partial charge in [-0.3, -0.25) is 9.36 Å². The lowest BCUT2D eigenvalue weighted by atomic mass is 10.2. The van der Waals surface area contributed by atoms with Gasteiger partial charge in [0.05, 0.1) is 23.5 Å². The van der Waals surface area contributed by atoms with E-state index in [9.17, 15) is 14.4 Å². The van der Waals surface area contributed by atoms with Gasteiger partial charge in [0.1, 0.15) is 11.9 Å². The topological polar surface area (TPSA) is 83.6 Å². The minimum atomic E-state index is -0.336. The molecule has 6 nitrogen and oxygen atoms in total. The van der Waals surface area contributed by atoms with E-state index in [2.05, 4.69) is 15.5 Å². The number of carbonyl (C=O) groups excluding carboxylic acids is 1. The van der Waals surface area contributed by atoms with Crippen molar-refractivity contribution < 1.29 is 9.18 Å². The van der Waals surface area contributed by atoms with Gasteiger partial charge in [-0.1, -0.05) is 53.7 Å².